The van der Waals surface area contributed by atoms with Crippen molar-refractivity contribution in [3.05, 3.63) is 82.7 Å². The number of hydrogen-bond donors (Lipinski definition) is 0. The lowest BCUT2D eigenvalue weighted by atomic mass is 10.1. The van der Waals surface area contributed by atoms with Crippen molar-refractivity contribution in [2.45, 2.75) is 0 Å². The predicted octanol–water partition coefficient (Wildman–Crippen LogP) is 4.54. The summed E-state index contributed by atoms with van der Waals surface area (Å²) in [6.07, 6.45) is 3.44. The first-order valence-corrected chi connectivity index (χ1v) is 10.2. The molecule has 0 N–H and O–H groups in total. The van der Waals surface area contributed by atoms with Crippen LogP contribution in [-0.2, 0) is 0 Å². The number of carbonyl (C=O) groups is 1. The molecule has 0 amide bonds. The summed E-state index contributed by atoms with van der Waals surface area (Å²) in [7, 11) is 1.61. The van der Waals surface area contributed by atoms with Crippen molar-refractivity contribution in [1.29, 1.82) is 0 Å². The van der Waals surface area contributed by atoms with Crippen LogP contribution in [0.2, 0.25) is 5.02 Å². The molecule has 0 radical (unpaired) electrons. The second kappa shape index (κ2) is 7.40. The normalized spacial score (nSPS) is 11.1. The highest BCUT2D eigenvalue weighted by Crippen LogP contribution is 2.29. The van der Waals surface area contributed by atoms with Crippen LogP contribution in [0.5, 0.6) is 5.75 Å². The number of hydrogen-bond acceptors (Lipinski definition) is 6. The molecule has 0 saturated carbocycles. The molecule has 0 bridgehead atoms. The minimum atomic E-state index is -0.257. The van der Waals surface area contributed by atoms with Gasteiger partial charge < -0.3 is 4.74 Å². The number of thiazole rings is 1. The largest absolute Gasteiger partial charge is 0.497 e. The molecule has 3 heterocycles. The molecule has 3 aromatic heterocycles. The Morgan fingerprint density at radius 1 is 1.10 bits per heavy atom. The Labute approximate surface area is 180 Å². The Balaban J connectivity index is 1.58. The number of carbonyl (C=O) groups excluding carboxylic acids is 1. The van der Waals surface area contributed by atoms with E-state index < -0.39 is 0 Å². The fourth-order valence-electron chi connectivity index (χ4n) is 3.16. The van der Waals surface area contributed by atoms with Gasteiger partial charge in [0.25, 0.3) is 0 Å². The van der Waals surface area contributed by atoms with Gasteiger partial charge in [-0.3, -0.25) is 9.20 Å². The van der Waals surface area contributed by atoms with Crippen LogP contribution in [0.3, 0.4) is 0 Å². The first kappa shape index (κ1) is 18.5. The summed E-state index contributed by atoms with van der Waals surface area (Å²) in [6, 6.07) is 14.6. The van der Waals surface area contributed by atoms with Crippen LogP contribution >= 0.6 is 22.9 Å². The first-order chi connectivity index (χ1) is 14.6. The van der Waals surface area contributed by atoms with Gasteiger partial charge in [0.05, 0.1) is 19.0 Å². The van der Waals surface area contributed by atoms with Crippen LogP contribution in [0.1, 0.15) is 16.2 Å². The number of halogens is 1. The summed E-state index contributed by atoms with van der Waals surface area (Å²) in [4.78, 5) is 18.8. The number of ketones is 1. The van der Waals surface area contributed by atoms with E-state index in [-0.39, 0.29) is 11.5 Å². The van der Waals surface area contributed by atoms with Crippen molar-refractivity contribution in [2.24, 2.45) is 0 Å². The highest BCUT2D eigenvalue weighted by molar-refractivity contribution is 7.15. The van der Waals surface area contributed by atoms with Gasteiger partial charge in [0.15, 0.2) is 10.7 Å². The summed E-state index contributed by atoms with van der Waals surface area (Å²) in [5.41, 5.74) is 2.85. The quantitative estimate of drug-likeness (QED) is 0.379. The van der Waals surface area contributed by atoms with E-state index >= 15 is 0 Å². The minimum absolute atomic E-state index is 0.229. The number of fused-ring (bicyclic) bond motifs is 1. The number of benzene rings is 2. The van der Waals surface area contributed by atoms with Crippen LogP contribution in [0.25, 0.3) is 21.9 Å². The molecule has 2 aromatic carbocycles. The molecular weight excluding hydrogens is 422 g/mol. The van der Waals surface area contributed by atoms with E-state index in [1.807, 2.05) is 48.0 Å². The van der Waals surface area contributed by atoms with Gasteiger partial charge in [0.2, 0.25) is 5.78 Å². The molecule has 0 atom stereocenters. The van der Waals surface area contributed by atoms with Gasteiger partial charge in [-0.15, -0.1) is 16.4 Å². The SMILES string of the molecule is COc1ccc(-c2nc3sccn3c2C(=O)c2cn(-c3ccc(Cl)cc3)nn2)cc1. The van der Waals surface area contributed by atoms with E-state index in [1.165, 1.54) is 11.3 Å². The van der Waals surface area contributed by atoms with E-state index in [9.17, 15) is 4.79 Å². The summed E-state index contributed by atoms with van der Waals surface area (Å²) < 4.78 is 8.56. The van der Waals surface area contributed by atoms with E-state index in [1.54, 1.807) is 34.5 Å². The van der Waals surface area contributed by atoms with Gasteiger partial charge in [-0.1, -0.05) is 16.8 Å². The topological polar surface area (TPSA) is 74.3 Å². The third-order valence-corrected chi connectivity index (χ3v) is 5.67. The highest BCUT2D eigenvalue weighted by Gasteiger charge is 2.25. The van der Waals surface area contributed by atoms with E-state index in [2.05, 4.69) is 15.3 Å². The molecule has 9 heteroatoms. The van der Waals surface area contributed by atoms with Crippen LogP contribution < -0.4 is 4.74 Å². The summed E-state index contributed by atoms with van der Waals surface area (Å²) in [5.74, 6) is 0.477. The average Bonchev–Trinajstić information content (AvgIpc) is 3.50. The molecular formula is C21H14ClN5O2S. The Morgan fingerprint density at radius 2 is 1.87 bits per heavy atom. The van der Waals surface area contributed by atoms with Gasteiger partial charge in [-0.05, 0) is 48.5 Å². The van der Waals surface area contributed by atoms with Crippen LogP contribution in [-0.4, -0.2) is 37.3 Å². The third kappa shape index (κ3) is 3.16. The molecule has 5 aromatic rings. The van der Waals surface area contributed by atoms with Gasteiger partial charge in [0, 0.05) is 22.2 Å². The average molecular weight is 436 g/mol. The number of imidazole rings is 1. The molecule has 5 rings (SSSR count). The maximum atomic E-state index is 13.4. The molecule has 0 aliphatic rings. The number of nitrogens with zero attached hydrogens (tertiary/aromatic N) is 5. The second-order valence-electron chi connectivity index (χ2n) is 6.45. The van der Waals surface area contributed by atoms with Crippen LogP contribution in [0.4, 0.5) is 0 Å². The molecule has 0 aliphatic carbocycles. The van der Waals surface area contributed by atoms with Crippen LogP contribution in [0, 0.1) is 0 Å². The standard InChI is InChI=1S/C21H14ClN5O2S/c1-29-16-8-2-13(3-9-16)18-19(26-10-11-30-21(26)23-18)20(28)17-12-27(25-24-17)15-6-4-14(22)5-7-15/h2-12H,1H3. The number of aromatic nitrogens is 5. The van der Waals surface area contributed by atoms with Crippen LogP contribution in [0.15, 0.2) is 66.3 Å². The van der Waals surface area contributed by atoms with Gasteiger partial charge in [-0.25, -0.2) is 9.67 Å². The molecule has 0 spiro atoms. The number of rotatable bonds is 5. The minimum Gasteiger partial charge on any atom is -0.497 e. The summed E-state index contributed by atoms with van der Waals surface area (Å²) >= 11 is 7.41. The zero-order chi connectivity index (χ0) is 20.7. The first-order valence-electron chi connectivity index (χ1n) is 8.97. The lowest BCUT2D eigenvalue weighted by Crippen LogP contribution is -2.07. The summed E-state index contributed by atoms with van der Waals surface area (Å²) in [5, 5.41) is 10.7. The number of methoxy groups -OCH3 is 1. The molecule has 0 saturated heterocycles. The summed E-state index contributed by atoms with van der Waals surface area (Å²) in [6.45, 7) is 0. The van der Waals surface area contributed by atoms with E-state index in [0.29, 0.717) is 16.4 Å². The number of ether oxygens (including phenoxy) is 1. The van der Waals surface area contributed by atoms with Crippen molar-refractivity contribution in [3.63, 3.8) is 0 Å². The Hall–Kier alpha value is -3.49. The van der Waals surface area contributed by atoms with Gasteiger partial charge in [-0.2, -0.15) is 0 Å². The Bertz CT molecular complexity index is 1350. The van der Waals surface area contributed by atoms with Gasteiger partial charge >= 0.3 is 0 Å². The van der Waals surface area contributed by atoms with Crippen molar-refractivity contribution in [3.8, 4) is 22.7 Å². The van der Waals surface area contributed by atoms with Crippen molar-refractivity contribution < 1.29 is 9.53 Å². The maximum absolute atomic E-state index is 13.4. The fourth-order valence-corrected chi connectivity index (χ4v) is 4.00. The Morgan fingerprint density at radius 3 is 2.60 bits per heavy atom. The maximum Gasteiger partial charge on any atom is 0.233 e. The predicted molar refractivity (Wildman–Crippen MR) is 115 cm³/mol. The van der Waals surface area contributed by atoms with Gasteiger partial charge in [0.1, 0.15) is 17.1 Å². The van der Waals surface area contributed by atoms with Crippen molar-refractivity contribution in [2.75, 3.05) is 7.11 Å². The molecule has 0 aliphatic heterocycles. The third-order valence-electron chi connectivity index (χ3n) is 4.66. The smallest absolute Gasteiger partial charge is 0.233 e. The zero-order valence-corrected chi connectivity index (χ0v) is 17.3. The molecule has 0 fully saturated rings. The van der Waals surface area contributed by atoms with E-state index in [0.717, 1.165) is 22.0 Å². The molecule has 30 heavy (non-hydrogen) atoms. The molecule has 7 nitrogen and oxygen atoms in total. The monoisotopic (exact) mass is 435 g/mol. The molecule has 0 unspecified atom stereocenters. The Kier molecular flexibility index (Phi) is 4.57. The fraction of sp³-hybridized carbons (Fsp3) is 0.0476. The van der Waals surface area contributed by atoms with E-state index in [4.69, 9.17) is 16.3 Å². The molecule has 148 valence electrons. The second-order valence-corrected chi connectivity index (χ2v) is 7.76. The lowest BCUT2D eigenvalue weighted by Gasteiger charge is -2.04. The lowest BCUT2D eigenvalue weighted by molar-refractivity contribution is 0.102. The van der Waals surface area contributed by atoms with Crippen molar-refractivity contribution >= 4 is 33.7 Å². The highest BCUT2D eigenvalue weighted by atomic mass is 35.5. The zero-order valence-electron chi connectivity index (χ0n) is 15.7. The van der Waals surface area contributed by atoms with Crippen molar-refractivity contribution in [1.82, 2.24) is 24.4 Å².